The maximum atomic E-state index is 12.0. The summed E-state index contributed by atoms with van der Waals surface area (Å²) in [5.41, 5.74) is 6.64. The van der Waals surface area contributed by atoms with Gasteiger partial charge in [-0.05, 0) is 100 Å². The molecule has 0 spiro atoms. The van der Waals surface area contributed by atoms with Crippen LogP contribution in [-0.2, 0) is 31.2 Å². The summed E-state index contributed by atoms with van der Waals surface area (Å²) in [6.45, 7) is 29.9. The minimum Gasteiger partial charge on any atom is -0.372 e. The number of hydrogen-bond donors (Lipinski definition) is 0. The number of aryl methyl sites for hydroxylation is 2. The number of nitrogens with zero attached hydrogens (tertiary/aromatic N) is 10. The average molecular weight is 847 g/mol. The predicted molar refractivity (Wildman–Crippen MR) is 239 cm³/mol. The summed E-state index contributed by atoms with van der Waals surface area (Å²) in [6, 6.07) is 21.6. The lowest BCUT2D eigenvalue weighted by molar-refractivity contribution is 0.599. The van der Waals surface area contributed by atoms with Crippen molar-refractivity contribution in [1.29, 1.82) is 10.5 Å². The van der Waals surface area contributed by atoms with Crippen molar-refractivity contribution in [2.45, 2.75) is 65.9 Å². The number of azo groups is 2. The highest BCUT2D eigenvalue weighted by atomic mass is 32.2. The van der Waals surface area contributed by atoms with Crippen molar-refractivity contribution in [3.05, 3.63) is 117 Å². The lowest BCUT2D eigenvalue weighted by atomic mass is 10.1. The Labute approximate surface area is 355 Å². The van der Waals surface area contributed by atoms with Crippen LogP contribution >= 0.6 is 0 Å². The Bertz CT molecular complexity index is 2570. The fourth-order valence-electron chi connectivity index (χ4n) is 6.31. The molecule has 0 amide bonds. The Morgan fingerprint density at radius 3 is 1.30 bits per heavy atom. The molecule has 0 aliphatic heterocycles. The third-order valence-corrected chi connectivity index (χ3v) is 10.6. The van der Waals surface area contributed by atoms with Crippen molar-refractivity contribution in [2.24, 2.45) is 20.5 Å². The van der Waals surface area contributed by atoms with Crippen LogP contribution in [0.2, 0.25) is 0 Å². The van der Waals surface area contributed by atoms with Crippen LogP contribution in [0, 0.1) is 49.7 Å². The molecule has 0 radical (unpaired) electrons. The van der Waals surface area contributed by atoms with Gasteiger partial charge in [0.25, 0.3) is 0 Å². The third kappa shape index (κ3) is 13.8. The molecule has 0 unspecified atom stereocenters. The first-order valence-corrected chi connectivity index (χ1v) is 23.4. The van der Waals surface area contributed by atoms with Gasteiger partial charge in [0, 0.05) is 50.1 Å². The molecule has 0 aliphatic carbocycles. The van der Waals surface area contributed by atoms with Gasteiger partial charge in [0.1, 0.15) is 23.5 Å². The zero-order valence-electron chi connectivity index (χ0n) is 35.4. The van der Waals surface area contributed by atoms with Crippen molar-refractivity contribution in [3.63, 3.8) is 0 Å². The summed E-state index contributed by atoms with van der Waals surface area (Å²) < 4.78 is 47.9. The standard InChI is InChI=1S/C23H27N5O2S.C21H23N5O2S/c1-6-10-28(11-7-2)20-8-9-21(19(14-20)16-31(5,29)30)26-27-23-18(15-24)12-17(3)13-22(23)25-4;1-6-26(7-2)18-8-9-19(17(12-18)14-29(5,27)28)24-25-21-16(13-22)10-15(3)11-20(21)23-4/h8-9,12-14H,6-7,10-11,16H2,1-3,5H3;8-12H,6-7,14H2,1-3,5H3. The summed E-state index contributed by atoms with van der Waals surface area (Å²) in [6.07, 6.45) is 4.31. The third-order valence-electron chi connectivity index (χ3n) is 8.91. The molecule has 0 aromatic heterocycles. The molecule has 0 atom stereocenters. The highest BCUT2D eigenvalue weighted by Crippen LogP contribution is 2.37. The van der Waals surface area contributed by atoms with Crippen molar-refractivity contribution in [1.82, 2.24) is 0 Å². The van der Waals surface area contributed by atoms with Crippen LogP contribution < -0.4 is 9.80 Å². The van der Waals surface area contributed by atoms with Gasteiger partial charge in [-0.1, -0.05) is 37.1 Å². The second kappa shape index (κ2) is 22.1. The van der Waals surface area contributed by atoms with E-state index in [9.17, 15) is 27.4 Å². The highest BCUT2D eigenvalue weighted by Gasteiger charge is 2.17. The lowest BCUT2D eigenvalue weighted by Crippen LogP contribution is -2.24. The van der Waals surface area contributed by atoms with E-state index in [2.05, 4.69) is 59.9 Å². The smallest absolute Gasteiger partial charge is 0.215 e. The van der Waals surface area contributed by atoms with Gasteiger partial charge in [-0.3, -0.25) is 0 Å². The molecule has 14 nitrogen and oxygen atoms in total. The van der Waals surface area contributed by atoms with Gasteiger partial charge in [-0.25, -0.2) is 26.5 Å². The summed E-state index contributed by atoms with van der Waals surface area (Å²) in [5, 5.41) is 35.6. The molecule has 0 saturated heterocycles. The van der Waals surface area contributed by atoms with E-state index in [1.165, 1.54) is 12.5 Å². The Kier molecular flexibility index (Phi) is 17.6. The van der Waals surface area contributed by atoms with Gasteiger partial charge in [0.05, 0.1) is 47.2 Å². The molecule has 0 fully saturated rings. The average Bonchev–Trinajstić information content (AvgIpc) is 3.19. The second-order valence-electron chi connectivity index (χ2n) is 14.1. The van der Waals surface area contributed by atoms with Crippen molar-refractivity contribution in [3.8, 4) is 12.1 Å². The zero-order valence-corrected chi connectivity index (χ0v) is 37.0. The molecule has 4 rings (SSSR count). The summed E-state index contributed by atoms with van der Waals surface area (Å²) in [5.74, 6) is -0.346. The fraction of sp³-hybridized carbons (Fsp3) is 0.364. The largest absolute Gasteiger partial charge is 0.372 e. The first-order chi connectivity index (χ1) is 28.4. The lowest BCUT2D eigenvalue weighted by Gasteiger charge is -2.24. The molecule has 0 aliphatic rings. The number of benzene rings is 4. The molecule has 4 aromatic rings. The molecular weight excluding hydrogens is 797 g/mol. The van der Waals surface area contributed by atoms with E-state index in [0.717, 1.165) is 61.5 Å². The molecule has 0 bridgehead atoms. The van der Waals surface area contributed by atoms with Crippen molar-refractivity contribution in [2.75, 3.05) is 48.5 Å². The quantitative estimate of drug-likeness (QED) is 0.0788. The van der Waals surface area contributed by atoms with Crippen LogP contribution in [-0.4, -0.2) is 55.5 Å². The van der Waals surface area contributed by atoms with Crippen LogP contribution in [0.5, 0.6) is 0 Å². The monoisotopic (exact) mass is 846 g/mol. The molecule has 4 aromatic carbocycles. The van der Waals surface area contributed by atoms with Gasteiger partial charge < -0.3 is 9.80 Å². The minimum atomic E-state index is -3.30. The molecule has 60 heavy (non-hydrogen) atoms. The Balaban J connectivity index is 0.000000321. The van der Waals surface area contributed by atoms with Crippen LogP contribution in [0.25, 0.3) is 9.69 Å². The number of sulfone groups is 2. The highest BCUT2D eigenvalue weighted by molar-refractivity contribution is 7.90. The van der Waals surface area contributed by atoms with E-state index in [4.69, 9.17) is 13.1 Å². The van der Waals surface area contributed by atoms with Crippen molar-refractivity contribution >= 4 is 65.2 Å². The maximum absolute atomic E-state index is 12.0. The first kappa shape index (κ1) is 47.9. The Morgan fingerprint density at radius 2 is 0.983 bits per heavy atom. The van der Waals surface area contributed by atoms with Crippen LogP contribution in [0.3, 0.4) is 0 Å². The molecular formula is C44H50N10O4S2. The molecule has 312 valence electrons. The molecule has 0 saturated carbocycles. The van der Waals surface area contributed by atoms with E-state index in [-0.39, 0.29) is 45.4 Å². The maximum Gasteiger partial charge on any atom is 0.215 e. The SMILES string of the molecule is [C-]#[N+]c1cc(C)cc(C#N)c1N=Nc1ccc(N(CC)CC)cc1CS(C)(=O)=O.[C-]#[N+]c1cc(C)cc(C#N)c1N=Nc1ccc(N(CCC)CCC)cc1CS(C)(=O)=O. The van der Waals surface area contributed by atoms with E-state index in [0.29, 0.717) is 22.5 Å². The Hall–Kier alpha value is -6.46. The number of anilines is 2. The van der Waals surface area contributed by atoms with Gasteiger partial charge in [-0.2, -0.15) is 31.0 Å². The van der Waals surface area contributed by atoms with Crippen LogP contribution in [0.15, 0.2) is 81.1 Å². The van der Waals surface area contributed by atoms with Gasteiger partial charge >= 0.3 is 0 Å². The van der Waals surface area contributed by atoms with E-state index in [1.807, 2.05) is 38.1 Å². The zero-order chi connectivity index (χ0) is 44.6. The number of hydrogen-bond acceptors (Lipinski definition) is 12. The van der Waals surface area contributed by atoms with Gasteiger partial charge in [-0.15, -0.1) is 0 Å². The fourth-order valence-corrected chi connectivity index (χ4v) is 7.90. The Morgan fingerprint density at radius 1 is 0.600 bits per heavy atom. The number of nitriles is 2. The predicted octanol–water partition coefficient (Wildman–Crippen LogP) is 11.2. The summed E-state index contributed by atoms with van der Waals surface area (Å²) >= 11 is 0. The van der Waals surface area contributed by atoms with E-state index in [1.54, 1.807) is 56.3 Å². The summed E-state index contributed by atoms with van der Waals surface area (Å²) in [4.78, 5) is 11.2. The minimum absolute atomic E-state index is 0.171. The summed E-state index contributed by atoms with van der Waals surface area (Å²) in [7, 11) is -6.59. The topological polar surface area (TPSA) is 180 Å². The second-order valence-corrected chi connectivity index (χ2v) is 18.4. The van der Waals surface area contributed by atoms with Gasteiger partial charge in [0.2, 0.25) is 11.4 Å². The van der Waals surface area contributed by atoms with Crippen LogP contribution in [0.1, 0.15) is 73.9 Å². The normalized spacial score (nSPS) is 11.3. The van der Waals surface area contributed by atoms with Crippen LogP contribution in [0.4, 0.5) is 45.5 Å². The molecule has 16 heteroatoms. The van der Waals surface area contributed by atoms with E-state index >= 15 is 0 Å². The molecule has 0 N–H and O–H groups in total. The van der Waals surface area contributed by atoms with Crippen molar-refractivity contribution < 1.29 is 16.8 Å². The van der Waals surface area contributed by atoms with E-state index < -0.39 is 19.7 Å². The first-order valence-electron chi connectivity index (χ1n) is 19.2. The number of rotatable bonds is 16. The molecule has 0 heterocycles. The van der Waals surface area contributed by atoms with Gasteiger partial charge in [0.15, 0.2) is 19.7 Å².